The van der Waals surface area contributed by atoms with Crippen molar-refractivity contribution in [3.05, 3.63) is 60.7 Å². The van der Waals surface area contributed by atoms with E-state index in [-0.39, 0.29) is 40.8 Å². The Morgan fingerprint density at radius 3 is 2.14 bits per heavy atom. The molecule has 1 heterocycles. The maximum absolute atomic E-state index is 14.3. The monoisotopic (exact) mass is 516 g/mol. The number of hydrogen-bond donors (Lipinski definition) is 1. The second-order valence-electron chi connectivity index (χ2n) is 13.4. The first-order valence-electron chi connectivity index (χ1n) is 14.7. The van der Waals surface area contributed by atoms with Gasteiger partial charge in [-0.3, -0.25) is 4.79 Å². The zero-order valence-corrected chi connectivity index (χ0v) is 24.1. The molecule has 1 N–H and O–H groups in total. The lowest BCUT2D eigenvalue weighted by atomic mass is 9.43. The molecule has 4 fully saturated rings. The Morgan fingerprint density at radius 1 is 0.973 bits per heavy atom. The third-order valence-corrected chi connectivity index (χ3v) is 16.4. The number of ketones is 1. The van der Waals surface area contributed by atoms with E-state index in [1.807, 2.05) is 0 Å². The van der Waals surface area contributed by atoms with Crippen LogP contribution in [0.2, 0.25) is 6.04 Å². The maximum Gasteiger partial charge on any atom is 0.256 e. The van der Waals surface area contributed by atoms with Crippen LogP contribution in [-0.4, -0.2) is 31.9 Å². The molecule has 3 saturated carbocycles. The average molecular weight is 517 g/mol. The molecular formula is C33H44O3Si. The van der Waals surface area contributed by atoms with Gasteiger partial charge in [0, 0.05) is 17.9 Å². The lowest BCUT2D eigenvalue weighted by Crippen LogP contribution is -2.73. The number of aliphatic hydroxyl groups is 1. The van der Waals surface area contributed by atoms with Crippen molar-refractivity contribution in [1.29, 1.82) is 0 Å². The number of benzene rings is 2. The number of rotatable bonds is 4. The molecule has 2 aromatic rings. The molecular weight excluding hydrogens is 472 g/mol. The summed E-state index contributed by atoms with van der Waals surface area (Å²) in [5.74, 6) is 1.63. The van der Waals surface area contributed by atoms with Gasteiger partial charge in [0.2, 0.25) is 0 Å². The lowest BCUT2D eigenvalue weighted by molar-refractivity contribution is -0.188. The van der Waals surface area contributed by atoms with Gasteiger partial charge in [0.25, 0.3) is 8.32 Å². The van der Waals surface area contributed by atoms with Gasteiger partial charge < -0.3 is 9.53 Å². The Morgan fingerprint density at radius 2 is 1.57 bits per heavy atom. The molecule has 0 radical (unpaired) electrons. The highest BCUT2D eigenvalue weighted by Gasteiger charge is 2.71. The van der Waals surface area contributed by atoms with Crippen LogP contribution in [0, 0.1) is 39.9 Å². The molecule has 0 aromatic heterocycles. The zero-order valence-electron chi connectivity index (χ0n) is 23.1. The highest BCUT2D eigenvalue weighted by molar-refractivity contribution is 6.97. The van der Waals surface area contributed by atoms with Crippen molar-refractivity contribution in [2.75, 3.05) is 6.61 Å². The summed E-state index contributed by atoms with van der Waals surface area (Å²) in [5.41, 5.74) is -0.420. The summed E-state index contributed by atoms with van der Waals surface area (Å²) < 4.78 is 7.72. The summed E-state index contributed by atoms with van der Waals surface area (Å²) >= 11 is 0. The largest absolute Gasteiger partial charge is 0.404 e. The highest BCUT2D eigenvalue weighted by atomic mass is 28.4. The van der Waals surface area contributed by atoms with Crippen molar-refractivity contribution in [2.24, 2.45) is 39.9 Å². The van der Waals surface area contributed by atoms with E-state index in [1.165, 1.54) is 16.8 Å². The lowest BCUT2D eigenvalue weighted by Gasteiger charge is -2.67. The fourth-order valence-electron chi connectivity index (χ4n) is 9.94. The minimum atomic E-state index is -2.55. The van der Waals surface area contributed by atoms with Gasteiger partial charge in [-0.1, -0.05) is 88.4 Å². The van der Waals surface area contributed by atoms with E-state index in [1.54, 1.807) is 0 Å². The smallest absolute Gasteiger partial charge is 0.256 e. The maximum atomic E-state index is 14.3. The molecule has 3 aliphatic carbocycles. The van der Waals surface area contributed by atoms with Gasteiger partial charge in [-0.05, 0) is 83.5 Å². The van der Waals surface area contributed by atoms with Gasteiger partial charge in [0.15, 0.2) is 0 Å². The molecule has 0 amide bonds. The SMILES string of the molecule is CC[C@]1(C)C[C@H]2O[Si](c3ccccc3)(c3ccccc3)C[C@@H]3CC[C@]4(CC[C@@H](CO)C4[C@@]32C)[C@H](C)C1=O. The summed E-state index contributed by atoms with van der Waals surface area (Å²) in [4.78, 5) is 14.3. The quantitative estimate of drug-likeness (QED) is 0.539. The highest BCUT2D eigenvalue weighted by Crippen LogP contribution is 2.72. The zero-order chi connectivity index (χ0) is 26.1. The normalized spacial score (nSPS) is 42.5. The van der Waals surface area contributed by atoms with Gasteiger partial charge in [0.05, 0.1) is 6.10 Å². The molecule has 37 heavy (non-hydrogen) atoms. The van der Waals surface area contributed by atoms with Crippen molar-refractivity contribution < 1.29 is 14.3 Å². The predicted octanol–water partition coefficient (Wildman–Crippen LogP) is 5.59. The fraction of sp³-hybridized carbons (Fsp3) is 0.606. The van der Waals surface area contributed by atoms with Gasteiger partial charge in [-0.25, -0.2) is 0 Å². The molecule has 0 spiro atoms. The van der Waals surface area contributed by atoms with Crippen LogP contribution >= 0.6 is 0 Å². The Bertz CT molecular complexity index is 1110. The minimum Gasteiger partial charge on any atom is -0.404 e. The number of hydrogen-bond acceptors (Lipinski definition) is 3. The van der Waals surface area contributed by atoms with Gasteiger partial charge in [0.1, 0.15) is 5.78 Å². The standard InChI is InChI=1S/C33H44O3Si/c1-5-31(3)20-28-32(4)25(17-19-33(23(2)30(31)35)18-16-24(21-34)29(32)33)22-37(36-28,26-12-8-6-9-13-26)27-14-10-7-11-15-27/h6-15,23-25,28-29,34H,5,16-22H2,1-4H3/t23-,24+,25+,28-,29?,31-,32+,33-/m1/s1. The molecule has 4 aliphatic rings. The summed E-state index contributed by atoms with van der Waals surface area (Å²) in [6.07, 6.45) is 6.05. The molecule has 3 nitrogen and oxygen atoms in total. The first-order chi connectivity index (χ1) is 17.7. The van der Waals surface area contributed by atoms with E-state index >= 15 is 0 Å². The van der Waals surface area contributed by atoms with E-state index in [9.17, 15) is 9.90 Å². The van der Waals surface area contributed by atoms with E-state index in [4.69, 9.17) is 4.43 Å². The van der Waals surface area contributed by atoms with E-state index < -0.39 is 8.32 Å². The van der Waals surface area contributed by atoms with Crippen LogP contribution in [0.1, 0.15) is 66.2 Å². The number of carbonyl (C=O) groups is 1. The van der Waals surface area contributed by atoms with Crippen molar-refractivity contribution in [3.63, 3.8) is 0 Å². The van der Waals surface area contributed by atoms with E-state index in [0.29, 0.717) is 17.6 Å². The molecule has 2 aromatic carbocycles. The van der Waals surface area contributed by atoms with Crippen LogP contribution in [0.3, 0.4) is 0 Å². The number of carbonyl (C=O) groups excluding carboxylic acids is 1. The summed E-state index contributed by atoms with van der Waals surface area (Å²) in [6, 6.07) is 23.1. The molecule has 6 rings (SSSR count). The summed E-state index contributed by atoms with van der Waals surface area (Å²) in [7, 11) is -2.55. The first-order valence-corrected chi connectivity index (χ1v) is 16.8. The predicted molar refractivity (Wildman–Crippen MR) is 151 cm³/mol. The second-order valence-corrected chi connectivity index (χ2v) is 16.8. The molecule has 2 bridgehead atoms. The average Bonchev–Trinajstić information content (AvgIpc) is 3.34. The van der Waals surface area contributed by atoms with E-state index in [2.05, 4.69) is 88.4 Å². The molecule has 1 aliphatic heterocycles. The second kappa shape index (κ2) is 8.89. The van der Waals surface area contributed by atoms with Crippen LogP contribution in [0.5, 0.6) is 0 Å². The fourth-order valence-corrected chi connectivity index (χ4v) is 14.7. The molecule has 1 saturated heterocycles. The van der Waals surface area contributed by atoms with Crippen LogP contribution in [0.4, 0.5) is 0 Å². The molecule has 1 unspecified atom stereocenters. The Balaban J connectivity index is 1.58. The third kappa shape index (κ3) is 3.41. The number of aliphatic hydroxyl groups excluding tert-OH is 1. The van der Waals surface area contributed by atoms with Crippen molar-refractivity contribution in [3.8, 4) is 0 Å². The van der Waals surface area contributed by atoms with Crippen LogP contribution in [0.15, 0.2) is 60.7 Å². The topological polar surface area (TPSA) is 46.5 Å². The molecule has 4 heteroatoms. The van der Waals surface area contributed by atoms with Crippen LogP contribution < -0.4 is 10.4 Å². The van der Waals surface area contributed by atoms with Gasteiger partial charge in [-0.2, -0.15) is 0 Å². The van der Waals surface area contributed by atoms with E-state index in [0.717, 1.165) is 38.1 Å². The summed E-state index contributed by atoms with van der Waals surface area (Å²) in [5, 5.41) is 13.3. The Kier molecular flexibility index (Phi) is 6.13. The van der Waals surface area contributed by atoms with Crippen molar-refractivity contribution in [1.82, 2.24) is 0 Å². The van der Waals surface area contributed by atoms with Crippen LogP contribution in [0.25, 0.3) is 0 Å². The Hall–Kier alpha value is -1.75. The Labute approximate surface area is 224 Å². The van der Waals surface area contributed by atoms with Crippen molar-refractivity contribution >= 4 is 24.5 Å². The summed E-state index contributed by atoms with van der Waals surface area (Å²) in [6.45, 7) is 9.41. The number of Topliss-reactive ketones (excluding diaryl/α,β-unsaturated/α-hetero) is 1. The van der Waals surface area contributed by atoms with Gasteiger partial charge >= 0.3 is 0 Å². The first kappa shape index (κ1) is 25.5. The third-order valence-electron chi connectivity index (χ3n) is 12.1. The van der Waals surface area contributed by atoms with Gasteiger partial charge in [-0.15, -0.1) is 0 Å². The van der Waals surface area contributed by atoms with Crippen LogP contribution in [-0.2, 0) is 9.22 Å². The van der Waals surface area contributed by atoms with Crippen molar-refractivity contribution in [2.45, 2.75) is 78.4 Å². The molecule has 198 valence electrons. The minimum absolute atomic E-state index is 0.00472. The molecule has 8 atom stereocenters.